The number of nitrogens with one attached hydrogen (secondary N) is 1. The van der Waals surface area contributed by atoms with E-state index in [9.17, 15) is 4.39 Å². The third-order valence-corrected chi connectivity index (χ3v) is 2.01. The van der Waals surface area contributed by atoms with Gasteiger partial charge in [0.05, 0.1) is 5.56 Å². The maximum atomic E-state index is 13.5. The zero-order chi connectivity index (χ0) is 11.3. The first kappa shape index (κ1) is 11.7. The van der Waals surface area contributed by atoms with Crippen LogP contribution in [0.3, 0.4) is 0 Å². The van der Waals surface area contributed by atoms with Crippen molar-refractivity contribution < 1.29 is 4.39 Å². The molecule has 3 N–H and O–H groups in total. The standard InChI is InChI=1S/C11H16FN3/c1-3-6-14-11(15-13)9-5-4-8(2)7-10(9)12/h4-5,7H,3,6,13H2,1-2H3,(H,14,15). The molecule has 0 bridgehead atoms. The molecule has 0 heterocycles. The number of hydrogen-bond donors (Lipinski definition) is 2. The van der Waals surface area contributed by atoms with Crippen molar-refractivity contribution in [1.29, 1.82) is 0 Å². The molecule has 82 valence electrons. The molecule has 0 saturated heterocycles. The Morgan fingerprint density at radius 2 is 2.27 bits per heavy atom. The Balaban J connectivity index is 3.02. The van der Waals surface area contributed by atoms with E-state index in [1.54, 1.807) is 6.07 Å². The van der Waals surface area contributed by atoms with Gasteiger partial charge in [-0.3, -0.25) is 4.99 Å². The Hall–Kier alpha value is -1.42. The van der Waals surface area contributed by atoms with Crippen LogP contribution in [0.2, 0.25) is 0 Å². The fourth-order valence-corrected chi connectivity index (χ4v) is 1.24. The van der Waals surface area contributed by atoms with Gasteiger partial charge >= 0.3 is 0 Å². The average Bonchev–Trinajstić information content (AvgIpc) is 2.21. The highest BCUT2D eigenvalue weighted by molar-refractivity contribution is 5.98. The minimum absolute atomic E-state index is 0.303. The molecule has 0 atom stereocenters. The predicted octanol–water partition coefficient (Wildman–Crippen LogP) is 1.75. The summed E-state index contributed by atoms with van der Waals surface area (Å²) in [6.45, 7) is 4.47. The first-order valence-corrected chi connectivity index (χ1v) is 4.96. The highest BCUT2D eigenvalue weighted by atomic mass is 19.1. The summed E-state index contributed by atoms with van der Waals surface area (Å²) >= 11 is 0. The third kappa shape index (κ3) is 3.02. The lowest BCUT2D eigenvalue weighted by atomic mass is 10.1. The van der Waals surface area contributed by atoms with Gasteiger partial charge in [0.25, 0.3) is 0 Å². The average molecular weight is 209 g/mol. The molecule has 1 aromatic rings. The highest BCUT2D eigenvalue weighted by Gasteiger charge is 2.07. The third-order valence-electron chi connectivity index (χ3n) is 2.01. The summed E-state index contributed by atoms with van der Waals surface area (Å²) in [5, 5.41) is 0. The molecule has 0 spiro atoms. The van der Waals surface area contributed by atoms with Crippen LogP contribution in [0.1, 0.15) is 24.5 Å². The fraction of sp³-hybridized carbons (Fsp3) is 0.364. The Bertz CT molecular complexity index is 361. The van der Waals surface area contributed by atoms with Crippen molar-refractivity contribution in [3.63, 3.8) is 0 Å². The molecular formula is C11H16FN3. The Labute approximate surface area is 89.2 Å². The molecule has 0 amide bonds. The number of aryl methyl sites for hydroxylation is 1. The van der Waals surface area contributed by atoms with Crippen LogP contribution >= 0.6 is 0 Å². The second-order valence-corrected chi connectivity index (χ2v) is 3.36. The summed E-state index contributed by atoms with van der Waals surface area (Å²) in [5.74, 6) is 5.40. The SMILES string of the molecule is CCCN=C(NN)c1ccc(C)cc1F. The molecule has 0 aliphatic carbocycles. The van der Waals surface area contributed by atoms with Crippen LogP contribution in [0.15, 0.2) is 23.2 Å². The van der Waals surface area contributed by atoms with Crippen molar-refractivity contribution in [3.8, 4) is 0 Å². The Morgan fingerprint density at radius 1 is 1.53 bits per heavy atom. The summed E-state index contributed by atoms with van der Waals surface area (Å²) in [5.41, 5.74) is 3.71. The van der Waals surface area contributed by atoms with Crippen molar-refractivity contribution in [2.75, 3.05) is 6.54 Å². The molecule has 0 radical (unpaired) electrons. The van der Waals surface area contributed by atoms with Crippen LogP contribution in [0.4, 0.5) is 4.39 Å². The number of aliphatic imine (C=N–C) groups is 1. The summed E-state index contributed by atoms with van der Waals surface area (Å²) in [7, 11) is 0. The smallest absolute Gasteiger partial charge is 0.145 e. The van der Waals surface area contributed by atoms with Gasteiger partial charge in [0.2, 0.25) is 0 Å². The van der Waals surface area contributed by atoms with Crippen LogP contribution < -0.4 is 11.3 Å². The van der Waals surface area contributed by atoms with E-state index in [1.165, 1.54) is 6.07 Å². The second kappa shape index (κ2) is 5.46. The maximum absolute atomic E-state index is 13.5. The lowest BCUT2D eigenvalue weighted by Crippen LogP contribution is -2.32. The van der Waals surface area contributed by atoms with E-state index in [2.05, 4.69) is 10.4 Å². The number of nitrogens with zero attached hydrogens (tertiary/aromatic N) is 1. The van der Waals surface area contributed by atoms with E-state index in [0.29, 0.717) is 17.9 Å². The molecule has 15 heavy (non-hydrogen) atoms. The number of amidine groups is 1. The molecule has 1 rings (SSSR count). The lowest BCUT2D eigenvalue weighted by Gasteiger charge is -2.07. The summed E-state index contributed by atoms with van der Waals surface area (Å²) < 4.78 is 13.5. The van der Waals surface area contributed by atoms with Gasteiger partial charge in [-0.1, -0.05) is 13.0 Å². The molecule has 0 saturated carbocycles. The maximum Gasteiger partial charge on any atom is 0.145 e. The number of hydrazine groups is 1. The monoisotopic (exact) mass is 209 g/mol. The van der Waals surface area contributed by atoms with Gasteiger partial charge in [0.15, 0.2) is 0 Å². The van der Waals surface area contributed by atoms with Crippen LogP contribution in [0, 0.1) is 12.7 Å². The quantitative estimate of drug-likeness (QED) is 0.345. The van der Waals surface area contributed by atoms with E-state index in [1.807, 2.05) is 19.9 Å². The van der Waals surface area contributed by atoms with Crippen molar-refractivity contribution in [1.82, 2.24) is 5.43 Å². The van der Waals surface area contributed by atoms with Crippen molar-refractivity contribution in [3.05, 3.63) is 35.1 Å². The highest BCUT2D eigenvalue weighted by Crippen LogP contribution is 2.10. The number of hydrogen-bond acceptors (Lipinski definition) is 2. The Morgan fingerprint density at radius 3 is 2.80 bits per heavy atom. The van der Waals surface area contributed by atoms with Crippen LogP contribution in [-0.2, 0) is 0 Å². The molecule has 0 aliphatic heterocycles. The molecular weight excluding hydrogens is 193 g/mol. The molecule has 3 nitrogen and oxygen atoms in total. The zero-order valence-corrected chi connectivity index (χ0v) is 9.05. The fourth-order valence-electron chi connectivity index (χ4n) is 1.24. The number of rotatable bonds is 3. The molecule has 1 aromatic carbocycles. The molecule has 0 aromatic heterocycles. The molecule has 0 aliphatic rings. The van der Waals surface area contributed by atoms with Gasteiger partial charge in [0.1, 0.15) is 11.7 Å². The van der Waals surface area contributed by atoms with E-state index in [4.69, 9.17) is 5.84 Å². The van der Waals surface area contributed by atoms with E-state index >= 15 is 0 Å². The topological polar surface area (TPSA) is 50.4 Å². The van der Waals surface area contributed by atoms with Crippen molar-refractivity contribution >= 4 is 5.84 Å². The first-order chi connectivity index (χ1) is 7.19. The normalized spacial score (nSPS) is 11.6. The molecule has 0 fully saturated rings. The van der Waals surface area contributed by atoms with Crippen molar-refractivity contribution in [2.45, 2.75) is 20.3 Å². The van der Waals surface area contributed by atoms with Crippen LogP contribution in [0.25, 0.3) is 0 Å². The van der Waals surface area contributed by atoms with Gasteiger partial charge in [-0.15, -0.1) is 0 Å². The minimum Gasteiger partial charge on any atom is -0.308 e. The van der Waals surface area contributed by atoms with E-state index in [0.717, 1.165) is 12.0 Å². The van der Waals surface area contributed by atoms with Crippen LogP contribution in [-0.4, -0.2) is 12.4 Å². The van der Waals surface area contributed by atoms with Gasteiger partial charge in [0, 0.05) is 6.54 Å². The molecule has 4 heteroatoms. The summed E-state index contributed by atoms with van der Waals surface area (Å²) in [6, 6.07) is 4.98. The lowest BCUT2D eigenvalue weighted by molar-refractivity contribution is 0.622. The number of halogens is 1. The van der Waals surface area contributed by atoms with E-state index < -0.39 is 0 Å². The minimum atomic E-state index is -0.303. The van der Waals surface area contributed by atoms with Gasteiger partial charge in [-0.25, -0.2) is 10.2 Å². The number of nitrogens with two attached hydrogens (primary N) is 1. The first-order valence-electron chi connectivity index (χ1n) is 4.96. The summed E-state index contributed by atoms with van der Waals surface area (Å²) in [4.78, 5) is 4.16. The number of benzene rings is 1. The zero-order valence-electron chi connectivity index (χ0n) is 9.05. The largest absolute Gasteiger partial charge is 0.308 e. The van der Waals surface area contributed by atoms with E-state index in [-0.39, 0.29) is 5.82 Å². The van der Waals surface area contributed by atoms with Crippen molar-refractivity contribution in [2.24, 2.45) is 10.8 Å². The van der Waals surface area contributed by atoms with Crippen LogP contribution in [0.5, 0.6) is 0 Å². The van der Waals surface area contributed by atoms with Gasteiger partial charge < -0.3 is 5.43 Å². The molecule has 0 unspecified atom stereocenters. The summed E-state index contributed by atoms with van der Waals surface area (Å²) in [6.07, 6.45) is 0.901. The predicted molar refractivity (Wildman–Crippen MR) is 60.2 cm³/mol. The van der Waals surface area contributed by atoms with Gasteiger partial charge in [-0.2, -0.15) is 0 Å². The van der Waals surface area contributed by atoms with Gasteiger partial charge in [-0.05, 0) is 31.0 Å². The second-order valence-electron chi connectivity index (χ2n) is 3.36. The Kier molecular flexibility index (Phi) is 4.24.